The summed E-state index contributed by atoms with van der Waals surface area (Å²) in [6.45, 7) is 8.46. The molecule has 0 atom stereocenters. The molecule has 0 aromatic heterocycles. The van der Waals surface area contributed by atoms with Crippen LogP contribution in [0.1, 0.15) is 38.3 Å². The summed E-state index contributed by atoms with van der Waals surface area (Å²) in [5.74, 6) is 0.402. The van der Waals surface area contributed by atoms with Crippen LogP contribution in [0.3, 0.4) is 0 Å². The molecule has 0 fully saturated rings. The van der Waals surface area contributed by atoms with Crippen LogP contribution in [-0.4, -0.2) is 5.11 Å². The topological polar surface area (TPSA) is 20.2 Å². The molecule has 1 heteroatoms. The van der Waals surface area contributed by atoms with E-state index in [9.17, 15) is 5.11 Å². The van der Waals surface area contributed by atoms with Crippen LogP contribution < -0.4 is 0 Å². The Bertz CT molecular complexity index is 300. The Kier molecular flexibility index (Phi) is 2.65. The molecule has 0 saturated carbocycles. The molecule has 0 aliphatic rings. The van der Waals surface area contributed by atoms with E-state index in [0.29, 0.717) is 5.75 Å². The van der Waals surface area contributed by atoms with Gasteiger partial charge in [-0.05, 0) is 36.0 Å². The van der Waals surface area contributed by atoms with Crippen LogP contribution in [0, 0.1) is 6.92 Å². The van der Waals surface area contributed by atoms with E-state index in [1.54, 1.807) is 0 Å². The third kappa shape index (κ3) is 2.03. The first-order valence-electron chi connectivity index (χ1n) is 4.77. The lowest BCUT2D eigenvalue weighted by atomic mass is 9.82. The van der Waals surface area contributed by atoms with Crippen LogP contribution in [0.4, 0.5) is 0 Å². The van der Waals surface area contributed by atoms with Crippen LogP contribution in [0.25, 0.3) is 0 Å². The maximum absolute atomic E-state index is 9.56. The summed E-state index contributed by atoms with van der Waals surface area (Å²) in [5, 5.41) is 9.56. The smallest absolute Gasteiger partial charge is 0.118 e. The maximum atomic E-state index is 9.56. The van der Waals surface area contributed by atoms with E-state index in [0.717, 1.165) is 12.0 Å². The van der Waals surface area contributed by atoms with Gasteiger partial charge in [0.1, 0.15) is 5.75 Å². The predicted octanol–water partition coefficient (Wildman–Crippen LogP) is 3.39. The summed E-state index contributed by atoms with van der Waals surface area (Å²) < 4.78 is 0. The van der Waals surface area contributed by atoms with Crippen molar-refractivity contribution >= 4 is 0 Å². The van der Waals surface area contributed by atoms with Crippen LogP contribution >= 0.6 is 0 Å². The summed E-state index contributed by atoms with van der Waals surface area (Å²) in [7, 11) is 0. The van der Waals surface area contributed by atoms with Gasteiger partial charge in [-0.2, -0.15) is 0 Å². The van der Waals surface area contributed by atoms with Crippen molar-refractivity contribution in [3.63, 3.8) is 0 Å². The Hall–Kier alpha value is -0.980. The first-order valence-corrected chi connectivity index (χ1v) is 4.77. The molecule has 0 amide bonds. The summed E-state index contributed by atoms with van der Waals surface area (Å²) >= 11 is 0. The molecule has 0 aliphatic carbocycles. The van der Waals surface area contributed by atoms with Crippen LogP contribution in [0.15, 0.2) is 18.2 Å². The largest absolute Gasteiger partial charge is 0.508 e. The average molecular weight is 178 g/mol. The van der Waals surface area contributed by atoms with Gasteiger partial charge >= 0.3 is 0 Å². The molecule has 72 valence electrons. The molecule has 0 radical (unpaired) electrons. The molecule has 1 aromatic rings. The first-order chi connectivity index (χ1) is 5.97. The summed E-state index contributed by atoms with van der Waals surface area (Å²) in [5.41, 5.74) is 2.30. The zero-order valence-electron chi connectivity index (χ0n) is 8.89. The van der Waals surface area contributed by atoms with E-state index in [-0.39, 0.29) is 5.41 Å². The Morgan fingerprint density at radius 2 is 1.92 bits per heavy atom. The minimum Gasteiger partial charge on any atom is -0.508 e. The van der Waals surface area contributed by atoms with Gasteiger partial charge in [-0.15, -0.1) is 0 Å². The normalized spacial score (nSPS) is 11.7. The minimum atomic E-state index is 0.158. The second kappa shape index (κ2) is 3.41. The van der Waals surface area contributed by atoms with E-state index in [2.05, 4.69) is 26.8 Å². The number of hydrogen-bond donors (Lipinski definition) is 1. The first kappa shape index (κ1) is 10.1. The van der Waals surface area contributed by atoms with Gasteiger partial charge in [-0.3, -0.25) is 0 Å². The Balaban J connectivity index is 3.10. The molecular weight excluding hydrogens is 160 g/mol. The molecule has 0 bridgehead atoms. The van der Waals surface area contributed by atoms with Crippen molar-refractivity contribution in [2.24, 2.45) is 0 Å². The van der Waals surface area contributed by atoms with E-state index in [4.69, 9.17) is 0 Å². The number of aromatic hydroxyl groups is 1. The summed E-state index contributed by atoms with van der Waals surface area (Å²) in [4.78, 5) is 0. The van der Waals surface area contributed by atoms with E-state index in [1.807, 2.05) is 19.1 Å². The fourth-order valence-electron chi connectivity index (χ4n) is 1.23. The number of benzene rings is 1. The van der Waals surface area contributed by atoms with Gasteiger partial charge in [-0.1, -0.05) is 32.9 Å². The number of phenolic OH excluding ortho intramolecular Hbond substituents is 1. The highest BCUT2D eigenvalue weighted by Gasteiger charge is 2.18. The molecule has 1 nitrogen and oxygen atoms in total. The highest BCUT2D eigenvalue weighted by atomic mass is 16.3. The number of hydrogen-bond acceptors (Lipinski definition) is 1. The molecule has 0 saturated heterocycles. The minimum absolute atomic E-state index is 0.158. The molecule has 0 heterocycles. The second-order valence-corrected chi connectivity index (χ2v) is 4.24. The van der Waals surface area contributed by atoms with Gasteiger partial charge in [0.15, 0.2) is 0 Å². The van der Waals surface area contributed by atoms with Crippen molar-refractivity contribution in [3.8, 4) is 5.75 Å². The van der Waals surface area contributed by atoms with Crippen molar-refractivity contribution in [3.05, 3.63) is 29.3 Å². The Labute approximate surface area is 80.4 Å². The fraction of sp³-hybridized carbons (Fsp3) is 0.500. The van der Waals surface area contributed by atoms with Crippen molar-refractivity contribution < 1.29 is 5.11 Å². The maximum Gasteiger partial charge on any atom is 0.118 e. The fourth-order valence-corrected chi connectivity index (χ4v) is 1.23. The van der Waals surface area contributed by atoms with Gasteiger partial charge in [0.2, 0.25) is 0 Å². The van der Waals surface area contributed by atoms with Gasteiger partial charge in [0, 0.05) is 0 Å². The third-order valence-corrected chi connectivity index (χ3v) is 2.87. The van der Waals surface area contributed by atoms with Crippen molar-refractivity contribution in [1.29, 1.82) is 0 Å². The summed E-state index contributed by atoms with van der Waals surface area (Å²) in [6.07, 6.45) is 1.08. The highest BCUT2D eigenvalue weighted by Crippen LogP contribution is 2.30. The highest BCUT2D eigenvalue weighted by molar-refractivity contribution is 5.38. The SMILES string of the molecule is CCC(C)(C)c1ccc(C)c(O)c1. The van der Waals surface area contributed by atoms with Gasteiger partial charge in [0.05, 0.1) is 0 Å². The van der Waals surface area contributed by atoms with Gasteiger partial charge in [-0.25, -0.2) is 0 Å². The molecule has 1 N–H and O–H groups in total. The van der Waals surface area contributed by atoms with Crippen LogP contribution in [0.5, 0.6) is 5.75 Å². The van der Waals surface area contributed by atoms with Crippen LogP contribution in [0.2, 0.25) is 0 Å². The standard InChI is InChI=1S/C12H18O/c1-5-12(3,4)10-7-6-9(2)11(13)8-10/h6-8,13H,5H2,1-4H3. The quantitative estimate of drug-likeness (QED) is 0.736. The molecular formula is C12H18O. The monoisotopic (exact) mass is 178 g/mol. The molecule has 0 aliphatic heterocycles. The summed E-state index contributed by atoms with van der Waals surface area (Å²) in [6, 6.07) is 5.94. The number of rotatable bonds is 2. The predicted molar refractivity (Wildman–Crippen MR) is 56.2 cm³/mol. The van der Waals surface area contributed by atoms with E-state index in [1.165, 1.54) is 5.56 Å². The van der Waals surface area contributed by atoms with Crippen molar-refractivity contribution in [1.82, 2.24) is 0 Å². The zero-order valence-corrected chi connectivity index (χ0v) is 8.89. The number of phenols is 1. The third-order valence-electron chi connectivity index (χ3n) is 2.87. The second-order valence-electron chi connectivity index (χ2n) is 4.24. The Morgan fingerprint density at radius 1 is 1.31 bits per heavy atom. The zero-order chi connectivity index (χ0) is 10.1. The van der Waals surface area contributed by atoms with Crippen molar-refractivity contribution in [2.45, 2.75) is 39.5 Å². The van der Waals surface area contributed by atoms with Gasteiger partial charge in [0.25, 0.3) is 0 Å². The molecule has 0 spiro atoms. The van der Waals surface area contributed by atoms with Crippen molar-refractivity contribution in [2.75, 3.05) is 0 Å². The Morgan fingerprint density at radius 3 is 2.38 bits per heavy atom. The molecule has 0 unspecified atom stereocenters. The molecule has 13 heavy (non-hydrogen) atoms. The van der Waals surface area contributed by atoms with E-state index >= 15 is 0 Å². The van der Waals surface area contributed by atoms with E-state index < -0.39 is 0 Å². The van der Waals surface area contributed by atoms with Gasteiger partial charge < -0.3 is 5.11 Å². The molecule has 1 aromatic carbocycles. The average Bonchev–Trinajstić information content (AvgIpc) is 2.09. The lowest BCUT2D eigenvalue weighted by Crippen LogP contribution is -2.15. The molecule has 1 rings (SSSR count). The number of aryl methyl sites for hydroxylation is 1. The lowest BCUT2D eigenvalue weighted by Gasteiger charge is -2.23. The van der Waals surface area contributed by atoms with Crippen LogP contribution in [-0.2, 0) is 5.41 Å². The lowest BCUT2D eigenvalue weighted by molar-refractivity contribution is 0.461.